The summed E-state index contributed by atoms with van der Waals surface area (Å²) >= 11 is 0. The average Bonchev–Trinajstić information content (AvgIpc) is 2.64. The first kappa shape index (κ1) is 20.2. The van der Waals surface area contributed by atoms with Crippen LogP contribution >= 0.6 is 0 Å². The van der Waals surface area contributed by atoms with Gasteiger partial charge in [0.05, 0.1) is 13.2 Å². The summed E-state index contributed by atoms with van der Waals surface area (Å²) in [6.07, 6.45) is 3.94. The van der Waals surface area contributed by atoms with Crippen molar-refractivity contribution in [3.63, 3.8) is 0 Å². The molecule has 0 saturated carbocycles. The van der Waals surface area contributed by atoms with Gasteiger partial charge in [0.15, 0.2) is 0 Å². The van der Waals surface area contributed by atoms with Gasteiger partial charge < -0.3 is 15.2 Å². The van der Waals surface area contributed by atoms with Crippen molar-refractivity contribution >= 4 is 11.9 Å². The number of nitrogens with one attached hydrogen (secondary N) is 1. The molecule has 6 heteroatoms. The van der Waals surface area contributed by atoms with Gasteiger partial charge in [-0.15, -0.1) is 0 Å². The number of carbonyl (C=O) groups excluding carboxylic acids is 1. The van der Waals surface area contributed by atoms with E-state index in [9.17, 15) is 9.59 Å². The van der Waals surface area contributed by atoms with Gasteiger partial charge in [0.2, 0.25) is 5.91 Å². The van der Waals surface area contributed by atoms with Crippen molar-refractivity contribution in [3.05, 3.63) is 29.8 Å². The summed E-state index contributed by atoms with van der Waals surface area (Å²) in [6.45, 7) is 5.32. The quantitative estimate of drug-likeness (QED) is 0.669. The van der Waals surface area contributed by atoms with Gasteiger partial charge >= 0.3 is 5.97 Å². The van der Waals surface area contributed by atoms with Crippen molar-refractivity contribution in [2.45, 2.75) is 45.6 Å². The first-order valence-corrected chi connectivity index (χ1v) is 9.49. The largest absolute Gasteiger partial charge is 0.494 e. The molecule has 1 aromatic carbocycles. The molecule has 1 aliphatic heterocycles. The van der Waals surface area contributed by atoms with Gasteiger partial charge in [-0.25, -0.2) is 0 Å². The van der Waals surface area contributed by atoms with Crippen molar-refractivity contribution in [2.75, 3.05) is 26.2 Å². The van der Waals surface area contributed by atoms with Crippen LogP contribution in [0.3, 0.4) is 0 Å². The highest BCUT2D eigenvalue weighted by atomic mass is 16.5. The van der Waals surface area contributed by atoms with E-state index in [0.29, 0.717) is 32.0 Å². The van der Waals surface area contributed by atoms with Crippen molar-refractivity contribution in [1.29, 1.82) is 0 Å². The third kappa shape index (κ3) is 7.44. The molecule has 1 aromatic rings. The first-order valence-electron chi connectivity index (χ1n) is 9.49. The number of aliphatic carboxylic acids is 1. The van der Waals surface area contributed by atoms with Crippen LogP contribution in [-0.4, -0.2) is 48.1 Å². The molecule has 0 spiro atoms. The molecule has 1 fully saturated rings. The van der Waals surface area contributed by atoms with E-state index in [4.69, 9.17) is 9.84 Å². The van der Waals surface area contributed by atoms with E-state index >= 15 is 0 Å². The second-order valence-corrected chi connectivity index (χ2v) is 6.95. The fraction of sp³-hybridized carbons (Fsp3) is 0.600. The third-order valence-corrected chi connectivity index (χ3v) is 4.60. The number of nitrogens with zero attached hydrogens (tertiary/aromatic N) is 1. The highest BCUT2D eigenvalue weighted by Gasteiger charge is 2.22. The molecule has 0 radical (unpaired) electrons. The molecule has 2 N–H and O–H groups in total. The Kier molecular flexibility index (Phi) is 8.41. The first-order chi connectivity index (χ1) is 12.6. The van der Waals surface area contributed by atoms with Crippen LogP contribution in [0, 0.1) is 5.92 Å². The molecule has 144 valence electrons. The van der Waals surface area contributed by atoms with E-state index in [-0.39, 0.29) is 12.3 Å². The van der Waals surface area contributed by atoms with Crippen LogP contribution in [0.5, 0.6) is 5.75 Å². The van der Waals surface area contributed by atoms with Gasteiger partial charge in [-0.1, -0.05) is 19.1 Å². The minimum absolute atomic E-state index is 0.00349. The van der Waals surface area contributed by atoms with Crippen LogP contribution in [0.4, 0.5) is 0 Å². The van der Waals surface area contributed by atoms with Gasteiger partial charge in [-0.3, -0.25) is 14.5 Å². The third-order valence-electron chi connectivity index (χ3n) is 4.60. The van der Waals surface area contributed by atoms with Crippen LogP contribution < -0.4 is 10.1 Å². The topological polar surface area (TPSA) is 78.9 Å². The lowest BCUT2D eigenvalue weighted by Crippen LogP contribution is -2.42. The van der Waals surface area contributed by atoms with Crippen LogP contribution in [0.1, 0.15) is 44.6 Å². The maximum Gasteiger partial charge on any atom is 0.303 e. The number of amides is 1. The minimum atomic E-state index is -0.745. The number of piperidine rings is 1. The van der Waals surface area contributed by atoms with Crippen LogP contribution in [-0.2, 0) is 16.1 Å². The lowest BCUT2D eigenvalue weighted by atomic mass is 9.93. The zero-order valence-corrected chi connectivity index (χ0v) is 15.6. The Morgan fingerprint density at radius 3 is 3.00 bits per heavy atom. The lowest BCUT2D eigenvalue weighted by molar-refractivity contribution is -0.137. The highest BCUT2D eigenvalue weighted by molar-refractivity contribution is 5.78. The number of likely N-dealkylation sites (tertiary alicyclic amines) is 1. The normalized spacial score (nSPS) is 17.7. The number of benzene rings is 1. The van der Waals surface area contributed by atoms with Gasteiger partial charge in [-0.05, 0) is 55.8 Å². The number of carboxylic acids is 1. The SMILES string of the molecule is CCCOc1cccc(CNC(=O)CN2CCCC(CCC(=O)O)C2)c1. The van der Waals surface area contributed by atoms with E-state index in [1.165, 1.54) is 0 Å². The van der Waals surface area contributed by atoms with Crippen LogP contribution in [0.2, 0.25) is 0 Å². The maximum atomic E-state index is 12.2. The number of rotatable bonds is 10. The molecular weight excluding hydrogens is 332 g/mol. The summed E-state index contributed by atoms with van der Waals surface area (Å²) in [5.74, 6) is 0.463. The monoisotopic (exact) mass is 362 g/mol. The molecule has 1 heterocycles. The van der Waals surface area contributed by atoms with Crippen LogP contribution in [0.15, 0.2) is 24.3 Å². The predicted molar refractivity (Wildman–Crippen MR) is 100 cm³/mol. The summed E-state index contributed by atoms with van der Waals surface area (Å²) in [4.78, 5) is 25.1. The van der Waals surface area contributed by atoms with Gasteiger partial charge in [-0.2, -0.15) is 0 Å². The number of hydrogen-bond donors (Lipinski definition) is 2. The van der Waals surface area contributed by atoms with E-state index in [0.717, 1.165) is 43.7 Å². The number of carbonyl (C=O) groups is 2. The highest BCUT2D eigenvalue weighted by Crippen LogP contribution is 2.20. The summed E-state index contributed by atoms with van der Waals surface area (Å²) in [5, 5.41) is 11.8. The zero-order chi connectivity index (χ0) is 18.8. The molecule has 6 nitrogen and oxygen atoms in total. The molecular formula is C20H30N2O4. The van der Waals surface area contributed by atoms with Crippen molar-refractivity contribution < 1.29 is 19.4 Å². The summed E-state index contributed by atoms with van der Waals surface area (Å²) < 4.78 is 5.61. The number of hydrogen-bond acceptors (Lipinski definition) is 4. The predicted octanol–water partition coefficient (Wildman–Crippen LogP) is 2.67. The van der Waals surface area contributed by atoms with Crippen molar-refractivity contribution in [2.24, 2.45) is 5.92 Å². The smallest absolute Gasteiger partial charge is 0.303 e. The molecule has 1 amide bonds. The summed E-state index contributed by atoms with van der Waals surface area (Å²) in [5.41, 5.74) is 1.02. The van der Waals surface area contributed by atoms with E-state index in [1.54, 1.807) is 0 Å². The van der Waals surface area contributed by atoms with E-state index < -0.39 is 5.97 Å². The second kappa shape index (κ2) is 10.8. The molecule has 1 saturated heterocycles. The van der Waals surface area contributed by atoms with E-state index in [1.807, 2.05) is 24.3 Å². The number of carboxylic acid groups (broad SMARTS) is 1. The van der Waals surface area contributed by atoms with Gasteiger partial charge in [0, 0.05) is 19.5 Å². The molecule has 1 aliphatic rings. The summed E-state index contributed by atoms with van der Waals surface area (Å²) in [6, 6.07) is 7.79. The van der Waals surface area contributed by atoms with Gasteiger partial charge in [0.25, 0.3) is 0 Å². The Balaban J connectivity index is 1.73. The summed E-state index contributed by atoms with van der Waals surface area (Å²) in [7, 11) is 0. The van der Waals surface area contributed by atoms with Crippen molar-refractivity contribution in [3.8, 4) is 5.75 Å². The molecule has 0 aliphatic carbocycles. The standard InChI is InChI=1S/C20H30N2O4/c1-2-11-26-18-7-3-5-17(12-18)13-21-19(23)15-22-10-4-6-16(14-22)8-9-20(24)25/h3,5,7,12,16H,2,4,6,8-11,13-15H2,1H3,(H,21,23)(H,24,25). The fourth-order valence-corrected chi connectivity index (χ4v) is 3.28. The molecule has 0 bridgehead atoms. The number of ether oxygens (including phenoxy) is 1. The zero-order valence-electron chi connectivity index (χ0n) is 15.6. The second-order valence-electron chi connectivity index (χ2n) is 6.95. The molecule has 26 heavy (non-hydrogen) atoms. The minimum Gasteiger partial charge on any atom is -0.494 e. The molecule has 0 aromatic heterocycles. The Bertz CT molecular complexity index is 591. The Hall–Kier alpha value is -2.08. The molecule has 1 unspecified atom stereocenters. The maximum absolute atomic E-state index is 12.2. The Labute approximate surface area is 155 Å². The van der Waals surface area contributed by atoms with Crippen LogP contribution in [0.25, 0.3) is 0 Å². The van der Waals surface area contributed by atoms with Crippen molar-refractivity contribution in [1.82, 2.24) is 10.2 Å². The van der Waals surface area contributed by atoms with E-state index in [2.05, 4.69) is 17.1 Å². The molecule has 2 rings (SSSR count). The van der Waals surface area contributed by atoms with Gasteiger partial charge in [0.1, 0.15) is 5.75 Å². The lowest BCUT2D eigenvalue weighted by Gasteiger charge is -2.32. The average molecular weight is 362 g/mol. The fourth-order valence-electron chi connectivity index (χ4n) is 3.28. The molecule has 1 atom stereocenters. The Morgan fingerprint density at radius 1 is 1.38 bits per heavy atom. The Morgan fingerprint density at radius 2 is 2.23 bits per heavy atom.